The lowest BCUT2D eigenvalue weighted by molar-refractivity contribution is -0.147. The molecule has 1 fully saturated rings. The van der Waals surface area contributed by atoms with E-state index in [4.69, 9.17) is 4.42 Å². The quantitative estimate of drug-likeness (QED) is 0.567. The fourth-order valence-corrected chi connectivity index (χ4v) is 4.39. The maximum absolute atomic E-state index is 13.0. The smallest absolute Gasteiger partial charge is 0.243 e. The molecule has 0 saturated carbocycles. The highest BCUT2D eigenvalue weighted by Crippen LogP contribution is 2.35. The maximum atomic E-state index is 13.0. The molecule has 0 aromatic carbocycles. The molecule has 140 valence electrons. The Hall–Kier alpha value is -2.67. The summed E-state index contributed by atoms with van der Waals surface area (Å²) in [4.78, 5) is 42.0. The van der Waals surface area contributed by atoms with Gasteiger partial charge in [0.15, 0.2) is 0 Å². The highest BCUT2D eigenvalue weighted by molar-refractivity contribution is 7.09. The molecule has 3 amide bonds. The van der Waals surface area contributed by atoms with Crippen LogP contribution < -0.4 is 0 Å². The fraction of sp³-hybridized carbons (Fsp3) is 0.350. The van der Waals surface area contributed by atoms with Crippen molar-refractivity contribution in [1.82, 2.24) is 9.80 Å². The van der Waals surface area contributed by atoms with Crippen LogP contribution in [0.25, 0.3) is 0 Å². The first-order valence-corrected chi connectivity index (χ1v) is 9.84. The second-order valence-corrected chi connectivity index (χ2v) is 7.86. The molecule has 4 rings (SSSR count). The fourth-order valence-electron chi connectivity index (χ4n) is 3.67. The van der Waals surface area contributed by atoms with Gasteiger partial charge in [-0.15, -0.1) is 11.3 Å². The number of rotatable bonds is 6. The minimum Gasteiger partial charge on any atom is -0.467 e. The number of fused-ring (bicyclic) bond motifs is 1. The number of allylic oxidation sites excluding steroid dienone is 2. The zero-order valence-electron chi connectivity index (χ0n) is 14.7. The van der Waals surface area contributed by atoms with Crippen molar-refractivity contribution in [3.63, 3.8) is 0 Å². The second-order valence-electron chi connectivity index (χ2n) is 6.83. The average Bonchev–Trinajstić information content (AvgIpc) is 3.41. The average molecular weight is 384 g/mol. The van der Waals surface area contributed by atoms with E-state index in [1.54, 1.807) is 34.6 Å². The van der Waals surface area contributed by atoms with Crippen LogP contribution in [-0.2, 0) is 27.5 Å². The van der Waals surface area contributed by atoms with E-state index in [-0.39, 0.29) is 36.1 Å². The van der Waals surface area contributed by atoms with Crippen LogP contribution in [0, 0.1) is 11.8 Å². The third kappa shape index (κ3) is 3.60. The molecule has 0 spiro atoms. The molecule has 0 radical (unpaired) electrons. The van der Waals surface area contributed by atoms with E-state index < -0.39 is 0 Å². The van der Waals surface area contributed by atoms with Gasteiger partial charge in [-0.3, -0.25) is 19.3 Å². The number of hydrogen-bond donors (Lipinski definition) is 0. The van der Waals surface area contributed by atoms with E-state index in [1.165, 1.54) is 0 Å². The van der Waals surface area contributed by atoms with Crippen molar-refractivity contribution in [1.29, 1.82) is 0 Å². The van der Waals surface area contributed by atoms with E-state index in [1.807, 2.05) is 29.7 Å². The van der Waals surface area contributed by atoms with Crippen LogP contribution in [-0.4, -0.2) is 34.1 Å². The van der Waals surface area contributed by atoms with Gasteiger partial charge in [-0.1, -0.05) is 18.2 Å². The molecule has 2 aromatic heterocycles. The number of carbonyl (C=O) groups is 3. The summed E-state index contributed by atoms with van der Waals surface area (Å²) in [5.41, 5.74) is 0. The van der Waals surface area contributed by atoms with Gasteiger partial charge in [-0.2, -0.15) is 0 Å². The van der Waals surface area contributed by atoms with E-state index in [0.717, 1.165) is 9.78 Å². The molecule has 1 saturated heterocycles. The number of carbonyl (C=O) groups excluding carboxylic acids is 3. The number of imide groups is 1. The first kappa shape index (κ1) is 17.7. The van der Waals surface area contributed by atoms with Gasteiger partial charge in [0, 0.05) is 4.88 Å². The van der Waals surface area contributed by atoms with Crippen LogP contribution in [0.5, 0.6) is 0 Å². The summed E-state index contributed by atoms with van der Waals surface area (Å²) in [7, 11) is 0. The van der Waals surface area contributed by atoms with Crippen LogP contribution in [0.15, 0.2) is 52.5 Å². The minimum absolute atomic E-state index is 0.212. The zero-order valence-corrected chi connectivity index (χ0v) is 15.6. The number of hydrogen-bond acceptors (Lipinski definition) is 5. The van der Waals surface area contributed by atoms with E-state index in [0.29, 0.717) is 31.7 Å². The Morgan fingerprint density at radius 3 is 2.44 bits per heavy atom. The Balaban J connectivity index is 1.49. The monoisotopic (exact) mass is 384 g/mol. The van der Waals surface area contributed by atoms with Crippen LogP contribution >= 0.6 is 11.3 Å². The topological polar surface area (TPSA) is 70.8 Å². The first-order chi connectivity index (χ1) is 13.1. The van der Waals surface area contributed by atoms with Crippen molar-refractivity contribution in [2.24, 2.45) is 11.8 Å². The first-order valence-electron chi connectivity index (χ1n) is 8.96. The van der Waals surface area contributed by atoms with Crippen LogP contribution in [0.1, 0.15) is 23.5 Å². The molecule has 0 bridgehead atoms. The number of nitrogens with zero attached hydrogens (tertiary/aromatic N) is 2. The van der Waals surface area contributed by atoms with Gasteiger partial charge >= 0.3 is 0 Å². The summed E-state index contributed by atoms with van der Waals surface area (Å²) in [6.07, 6.45) is 6.60. The van der Waals surface area contributed by atoms with Crippen LogP contribution in [0.2, 0.25) is 0 Å². The lowest BCUT2D eigenvalue weighted by atomic mass is 9.85. The summed E-state index contributed by atoms with van der Waals surface area (Å²) in [6.45, 7) is 0.507. The molecule has 0 N–H and O–H groups in total. The number of likely N-dealkylation sites (tertiary alicyclic amines) is 1. The number of amides is 3. The van der Waals surface area contributed by atoms with Crippen molar-refractivity contribution >= 4 is 29.1 Å². The summed E-state index contributed by atoms with van der Waals surface area (Å²) in [5.74, 6) is -0.671. The SMILES string of the molecule is O=C(CN1C(=O)C2CC=CCC2C1=O)N(Cc1ccco1)Cc1cccs1. The van der Waals surface area contributed by atoms with E-state index in [2.05, 4.69) is 0 Å². The Morgan fingerprint density at radius 1 is 1.11 bits per heavy atom. The Bertz CT molecular complexity index is 794. The van der Waals surface area contributed by atoms with Gasteiger partial charge < -0.3 is 9.32 Å². The van der Waals surface area contributed by atoms with E-state index in [9.17, 15) is 14.4 Å². The molecule has 2 atom stereocenters. The minimum atomic E-state index is -0.314. The summed E-state index contributed by atoms with van der Waals surface area (Å²) >= 11 is 1.56. The van der Waals surface area contributed by atoms with E-state index >= 15 is 0 Å². The summed E-state index contributed by atoms with van der Waals surface area (Å²) < 4.78 is 5.38. The molecule has 2 unspecified atom stereocenters. The largest absolute Gasteiger partial charge is 0.467 e. The van der Waals surface area contributed by atoms with Gasteiger partial charge in [-0.25, -0.2) is 0 Å². The number of furan rings is 1. The molecular weight excluding hydrogens is 364 g/mol. The third-order valence-electron chi connectivity index (χ3n) is 5.10. The maximum Gasteiger partial charge on any atom is 0.243 e. The molecule has 1 aliphatic heterocycles. The highest BCUT2D eigenvalue weighted by atomic mass is 32.1. The van der Waals surface area contributed by atoms with Gasteiger partial charge in [0.1, 0.15) is 12.3 Å². The molecule has 2 aromatic rings. The Morgan fingerprint density at radius 2 is 1.85 bits per heavy atom. The van der Waals surface area contributed by atoms with Crippen molar-refractivity contribution in [2.75, 3.05) is 6.54 Å². The second kappa shape index (κ2) is 7.52. The van der Waals surface area contributed by atoms with Crippen LogP contribution in [0.3, 0.4) is 0 Å². The van der Waals surface area contributed by atoms with Gasteiger partial charge in [0.2, 0.25) is 17.7 Å². The van der Waals surface area contributed by atoms with Gasteiger partial charge in [-0.05, 0) is 36.4 Å². The van der Waals surface area contributed by atoms with Gasteiger partial charge in [0.25, 0.3) is 0 Å². The van der Waals surface area contributed by atoms with Crippen molar-refractivity contribution in [2.45, 2.75) is 25.9 Å². The lowest BCUT2D eigenvalue weighted by Gasteiger charge is -2.24. The molecular formula is C20H20N2O4S. The molecule has 3 heterocycles. The van der Waals surface area contributed by atoms with Gasteiger partial charge in [0.05, 0.1) is 31.2 Å². The van der Waals surface area contributed by atoms with Crippen molar-refractivity contribution in [3.8, 4) is 0 Å². The predicted octanol–water partition coefficient (Wildman–Crippen LogP) is 2.82. The molecule has 1 aliphatic carbocycles. The third-order valence-corrected chi connectivity index (χ3v) is 5.96. The standard InChI is InChI=1S/C20H20N2O4S/c23-18(13-22-19(24)16-7-1-2-8-17(16)20(22)25)21(11-14-5-3-9-26-14)12-15-6-4-10-27-15/h1-6,9-10,16-17H,7-8,11-13H2. The normalized spacial score (nSPS) is 21.6. The summed E-state index contributed by atoms with van der Waals surface area (Å²) in [6, 6.07) is 7.47. The Kier molecular flexibility index (Phi) is 4.94. The highest BCUT2D eigenvalue weighted by Gasteiger charge is 2.47. The Labute approximate surface area is 161 Å². The molecule has 27 heavy (non-hydrogen) atoms. The number of thiophene rings is 1. The molecule has 2 aliphatic rings. The van der Waals surface area contributed by atoms with Crippen molar-refractivity contribution in [3.05, 3.63) is 58.7 Å². The predicted molar refractivity (Wildman–Crippen MR) is 99.4 cm³/mol. The molecule has 7 heteroatoms. The lowest BCUT2D eigenvalue weighted by Crippen LogP contribution is -2.42. The summed E-state index contributed by atoms with van der Waals surface area (Å²) in [5, 5.41) is 1.95. The zero-order chi connectivity index (χ0) is 18.8. The molecule has 6 nitrogen and oxygen atoms in total. The van der Waals surface area contributed by atoms with Crippen molar-refractivity contribution < 1.29 is 18.8 Å². The van der Waals surface area contributed by atoms with Crippen LogP contribution in [0.4, 0.5) is 0 Å².